The topological polar surface area (TPSA) is 72.0 Å². The van der Waals surface area contributed by atoms with E-state index >= 15 is 0 Å². The number of pyridine rings is 1. The molecule has 0 aliphatic carbocycles. The maximum absolute atomic E-state index is 13.6. The maximum Gasteiger partial charge on any atom is 0.201 e. The molecule has 0 aliphatic heterocycles. The first kappa shape index (κ1) is 13.9. The van der Waals surface area contributed by atoms with Crippen molar-refractivity contribution in [2.24, 2.45) is 5.73 Å². The third-order valence-electron chi connectivity index (χ3n) is 2.70. The number of hydrogen-bond acceptors (Lipinski definition) is 3. The molecule has 0 aliphatic rings. The molecule has 1 aromatic carbocycles. The number of nitrogen functional groups attached to an aromatic ring is 1. The summed E-state index contributed by atoms with van der Waals surface area (Å²) >= 11 is 0. The van der Waals surface area contributed by atoms with Gasteiger partial charge in [-0.15, -0.1) is 0 Å². The molecule has 3 N–H and O–H groups in total. The number of hydrogen-bond donors (Lipinski definition) is 2. The van der Waals surface area contributed by atoms with Crippen molar-refractivity contribution in [2.75, 3.05) is 0 Å². The van der Waals surface area contributed by atoms with E-state index in [9.17, 15) is 8.78 Å². The van der Waals surface area contributed by atoms with Crippen molar-refractivity contribution >= 4 is 5.84 Å². The van der Waals surface area contributed by atoms with Crippen molar-refractivity contribution in [2.45, 2.75) is 13.8 Å². The first-order chi connectivity index (χ1) is 9.40. The molecule has 2 aromatic rings. The van der Waals surface area contributed by atoms with Crippen molar-refractivity contribution < 1.29 is 13.5 Å². The number of aryl methyl sites for hydroxylation is 2. The van der Waals surface area contributed by atoms with Gasteiger partial charge in [-0.2, -0.15) is 4.39 Å². The molecule has 1 aromatic heterocycles. The normalized spacial score (nSPS) is 10.4. The molecular weight excluding hydrogens is 264 g/mol. The van der Waals surface area contributed by atoms with Gasteiger partial charge in [-0.05, 0) is 26.0 Å². The number of rotatable bonds is 3. The molecule has 0 radical (unpaired) electrons. The van der Waals surface area contributed by atoms with Gasteiger partial charge in [-0.1, -0.05) is 6.07 Å². The van der Waals surface area contributed by atoms with E-state index in [1.165, 1.54) is 18.2 Å². The van der Waals surface area contributed by atoms with Gasteiger partial charge in [0.1, 0.15) is 11.6 Å². The number of ether oxygens (including phenoxy) is 1. The van der Waals surface area contributed by atoms with Gasteiger partial charge >= 0.3 is 0 Å². The van der Waals surface area contributed by atoms with Gasteiger partial charge in [0, 0.05) is 11.8 Å². The number of nitrogens with zero attached hydrogens (tertiary/aromatic N) is 1. The average Bonchev–Trinajstić information content (AvgIpc) is 2.33. The predicted molar refractivity (Wildman–Crippen MR) is 71.2 cm³/mol. The van der Waals surface area contributed by atoms with Crippen LogP contribution in [0.4, 0.5) is 8.78 Å². The van der Waals surface area contributed by atoms with Crippen LogP contribution in [0, 0.1) is 30.9 Å². The molecular formula is C14H13F2N3O. The molecule has 0 unspecified atom stereocenters. The SMILES string of the molecule is Cc1cc(Oc2cccc(F)c2F)c(C(=N)N)c(C)n1. The minimum Gasteiger partial charge on any atom is -0.453 e. The minimum absolute atomic E-state index is 0.173. The summed E-state index contributed by atoms with van der Waals surface area (Å²) in [6.07, 6.45) is 0. The third-order valence-corrected chi connectivity index (χ3v) is 2.70. The molecule has 20 heavy (non-hydrogen) atoms. The fourth-order valence-electron chi connectivity index (χ4n) is 1.88. The molecule has 0 bridgehead atoms. The summed E-state index contributed by atoms with van der Waals surface area (Å²) in [6, 6.07) is 5.15. The van der Waals surface area contributed by atoms with Gasteiger partial charge in [0.05, 0.1) is 11.3 Å². The molecule has 0 fully saturated rings. The van der Waals surface area contributed by atoms with E-state index in [0.29, 0.717) is 11.4 Å². The highest BCUT2D eigenvalue weighted by molar-refractivity contribution is 5.98. The molecule has 0 amide bonds. The summed E-state index contributed by atoms with van der Waals surface area (Å²) < 4.78 is 32.2. The number of amidine groups is 1. The zero-order valence-corrected chi connectivity index (χ0v) is 11.0. The Bertz CT molecular complexity index is 686. The number of benzene rings is 1. The van der Waals surface area contributed by atoms with Crippen LogP contribution in [0.25, 0.3) is 0 Å². The standard InChI is InChI=1S/C14H13F2N3O/c1-7-6-11(12(14(17)18)8(2)19-7)20-10-5-3-4-9(15)13(10)16/h3-6H,1-2H3,(H3,17,18). The van der Waals surface area contributed by atoms with Crippen molar-refractivity contribution in [1.29, 1.82) is 5.41 Å². The Morgan fingerprint density at radius 1 is 1.25 bits per heavy atom. The fraction of sp³-hybridized carbons (Fsp3) is 0.143. The second-order valence-electron chi connectivity index (χ2n) is 4.29. The predicted octanol–water partition coefficient (Wildman–Crippen LogP) is 3.05. The van der Waals surface area contributed by atoms with Crippen LogP contribution < -0.4 is 10.5 Å². The average molecular weight is 277 g/mol. The smallest absolute Gasteiger partial charge is 0.201 e. The van der Waals surface area contributed by atoms with Crippen LogP contribution in [-0.2, 0) is 0 Å². The number of nitrogens with one attached hydrogen (secondary N) is 1. The lowest BCUT2D eigenvalue weighted by atomic mass is 10.1. The lowest BCUT2D eigenvalue weighted by Crippen LogP contribution is -2.15. The van der Waals surface area contributed by atoms with Gasteiger partial charge in [-0.25, -0.2) is 4.39 Å². The van der Waals surface area contributed by atoms with E-state index in [1.807, 2.05) is 0 Å². The van der Waals surface area contributed by atoms with Crippen molar-refractivity contribution in [3.05, 3.63) is 52.9 Å². The number of aromatic nitrogens is 1. The molecule has 4 nitrogen and oxygen atoms in total. The van der Waals surface area contributed by atoms with Gasteiger partial charge in [0.15, 0.2) is 11.6 Å². The summed E-state index contributed by atoms with van der Waals surface area (Å²) in [5.74, 6) is -2.44. The Balaban J connectivity index is 2.53. The van der Waals surface area contributed by atoms with E-state index in [1.54, 1.807) is 13.8 Å². The molecule has 0 atom stereocenters. The van der Waals surface area contributed by atoms with Crippen LogP contribution in [0.5, 0.6) is 11.5 Å². The molecule has 104 valence electrons. The first-order valence-corrected chi connectivity index (χ1v) is 5.84. The summed E-state index contributed by atoms with van der Waals surface area (Å²) in [7, 11) is 0. The Kier molecular flexibility index (Phi) is 3.65. The largest absolute Gasteiger partial charge is 0.453 e. The van der Waals surface area contributed by atoms with E-state index in [-0.39, 0.29) is 22.9 Å². The van der Waals surface area contributed by atoms with Crippen LogP contribution in [0.2, 0.25) is 0 Å². The van der Waals surface area contributed by atoms with Gasteiger partial charge < -0.3 is 10.5 Å². The molecule has 0 saturated heterocycles. The van der Waals surface area contributed by atoms with Crippen molar-refractivity contribution in [1.82, 2.24) is 4.98 Å². The van der Waals surface area contributed by atoms with Crippen LogP contribution in [0.1, 0.15) is 17.0 Å². The number of nitrogens with two attached hydrogens (primary N) is 1. The Hall–Kier alpha value is -2.50. The highest BCUT2D eigenvalue weighted by Gasteiger charge is 2.16. The van der Waals surface area contributed by atoms with Gasteiger partial charge in [0.2, 0.25) is 5.82 Å². The lowest BCUT2D eigenvalue weighted by Gasteiger charge is -2.13. The maximum atomic E-state index is 13.6. The highest BCUT2D eigenvalue weighted by Crippen LogP contribution is 2.30. The number of halogens is 2. The Morgan fingerprint density at radius 3 is 2.60 bits per heavy atom. The van der Waals surface area contributed by atoms with Crippen molar-refractivity contribution in [3.8, 4) is 11.5 Å². The second-order valence-corrected chi connectivity index (χ2v) is 4.29. The van der Waals surface area contributed by atoms with E-state index in [0.717, 1.165) is 6.07 Å². The summed E-state index contributed by atoms with van der Waals surface area (Å²) in [4.78, 5) is 4.17. The fourth-order valence-corrected chi connectivity index (χ4v) is 1.88. The quantitative estimate of drug-likeness (QED) is 0.669. The minimum atomic E-state index is -1.09. The molecule has 6 heteroatoms. The molecule has 2 rings (SSSR count). The summed E-state index contributed by atoms with van der Waals surface area (Å²) in [6.45, 7) is 3.39. The lowest BCUT2D eigenvalue weighted by molar-refractivity contribution is 0.414. The third kappa shape index (κ3) is 2.59. The Morgan fingerprint density at radius 2 is 1.95 bits per heavy atom. The van der Waals surface area contributed by atoms with Crippen LogP contribution >= 0.6 is 0 Å². The van der Waals surface area contributed by atoms with E-state index in [4.69, 9.17) is 15.9 Å². The van der Waals surface area contributed by atoms with Gasteiger partial charge in [0.25, 0.3) is 0 Å². The van der Waals surface area contributed by atoms with Crippen molar-refractivity contribution in [3.63, 3.8) is 0 Å². The first-order valence-electron chi connectivity index (χ1n) is 5.84. The molecule has 0 saturated carbocycles. The summed E-state index contributed by atoms with van der Waals surface area (Å²) in [5, 5.41) is 7.54. The monoisotopic (exact) mass is 277 g/mol. The van der Waals surface area contributed by atoms with Crippen LogP contribution in [0.3, 0.4) is 0 Å². The zero-order valence-electron chi connectivity index (χ0n) is 11.0. The second kappa shape index (κ2) is 5.24. The van der Waals surface area contributed by atoms with E-state index < -0.39 is 11.6 Å². The summed E-state index contributed by atoms with van der Waals surface area (Å²) in [5.41, 5.74) is 6.86. The Labute approximate surface area is 114 Å². The van der Waals surface area contributed by atoms with Crippen LogP contribution in [0.15, 0.2) is 24.3 Å². The zero-order chi connectivity index (χ0) is 14.9. The molecule has 1 heterocycles. The van der Waals surface area contributed by atoms with E-state index in [2.05, 4.69) is 4.98 Å². The van der Waals surface area contributed by atoms with Crippen LogP contribution in [-0.4, -0.2) is 10.8 Å². The molecule has 0 spiro atoms. The van der Waals surface area contributed by atoms with Gasteiger partial charge in [-0.3, -0.25) is 10.4 Å². The highest BCUT2D eigenvalue weighted by atomic mass is 19.2.